The molecule has 1 aromatic heterocycles. The number of aromatic amines is 1. The molecular weight excluding hydrogens is 230 g/mol. The topological polar surface area (TPSA) is 73.2 Å². The van der Waals surface area contributed by atoms with Gasteiger partial charge in [0.25, 0.3) is 0 Å². The predicted molar refractivity (Wildman–Crippen MR) is 67.6 cm³/mol. The molecule has 0 saturated heterocycles. The number of hydrogen-bond donors (Lipinski definition) is 2. The Kier molecular flexibility index (Phi) is 2.68. The maximum absolute atomic E-state index is 5.70. The fourth-order valence-electron chi connectivity index (χ4n) is 2.21. The highest BCUT2D eigenvalue weighted by molar-refractivity contribution is 5.71. The highest BCUT2D eigenvalue weighted by Gasteiger charge is 2.16. The van der Waals surface area contributed by atoms with Crippen molar-refractivity contribution in [2.75, 3.05) is 13.2 Å². The Bertz CT molecular complexity index is 578. The maximum Gasteiger partial charge on any atom is 0.161 e. The molecule has 94 valence electrons. The van der Waals surface area contributed by atoms with Gasteiger partial charge in [0.2, 0.25) is 0 Å². The first-order valence-corrected chi connectivity index (χ1v) is 5.93. The molecular formula is C13H15N3O2. The molecule has 1 aromatic carbocycles. The van der Waals surface area contributed by atoms with Crippen LogP contribution in [0.25, 0.3) is 11.1 Å². The van der Waals surface area contributed by atoms with Crippen LogP contribution in [-0.4, -0.2) is 23.4 Å². The lowest BCUT2D eigenvalue weighted by molar-refractivity contribution is 0.171. The zero-order valence-electron chi connectivity index (χ0n) is 10.2. The summed E-state index contributed by atoms with van der Waals surface area (Å²) in [4.78, 5) is 0. The van der Waals surface area contributed by atoms with Crippen molar-refractivity contribution in [3.63, 3.8) is 0 Å². The van der Waals surface area contributed by atoms with Gasteiger partial charge in [-0.25, -0.2) is 0 Å². The molecule has 2 heterocycles. The third-order valence-corrected chi connectivity index (χ3v) is 3.05. The van der Waals surface area contributed by atoms with Gasteiger partial charge in [0.1, 0.15) is 13.2 Å². The lowest BCUT2D eigenvalue weighted by Crippen LogP contribution is -2.15. The number of aromatic nitrogens is 2. The van der Waals surface area contributed by atoms with Crippen LogP contribution in [0.2, 0.25) is 0 Å². The highest BCUT2D eigenvalue weighted by Crippen LogP contribution is 2.36. The van der Waals surface area contributed by atoms with Gasteiger partial charge in [0.05, 0.1) is 5.69 Å². The summed E-state index contributed by atoms with van der Waals surface area (Å²) in [6.07, 6.45) is 0. The van der Waals surface area contributed by atoms with Crippen LogP contribution in [0.15, 0.2) is 18.2 Å². The summed E-state index contributed by atoms with van der Waals surface area (Å²) in [5.74, 6) is 1.57. The Labute approximate surface area is 105 Å². The standard InChI is InChI=1S/C13H15N3O2/c1-8-13(10(7-14)16-15-8)9-2-3-11-12(6-9)18-5-4-17-11/h2-3,6H,4-5,7,14H2,1H3,(H,15,16). The van der Waals surface area contributed by atoms with E-state index in [9.17, 15) is 0 Å². The van der Waals surface area contributed by atoms with Gasteiger partial charge in [0, 0.05) is 17.8 Å². The number of nitrogens with zero attached hydrogens (tertiary/aromatic N) is 1. The quantitative estimate of drug-likeness (QED) is 0.843. The van der Waals surface area contributed by atoms with Crippen molar-refractivity contribution in [2.45, 2.75) is 13.5 Å². The van der Waals surface area contributed by atoms with E-state index in [1.165, 1.54) is 0 Å². The Hall–Kier alpha value is -2.01. The molecule has 0 amide bonds. The van der Waals surface area contributed by atoms with E-state index in [0.29, 0.717) is 19.8 Å². The number of nitrogens with two attached hydrogens (primary N) is 1. The van der Waals surface area contributed by atoms with Gasteiger partial charge >= 0.3 is 0 Å². The summed E-state index contributed by atoms with van der Waals surface area (Å²) in [7, 11) is 0. The van der Waals surface area contributed by atoms with Crippen LogP contribution in [0.1, 0.15) is 11.4 Å². The van der Waals surface area contributed by atoms with E-state index in [0.717, 1.165) is 34.0 Å². The normalized spacial score (nSPS) is 13.7. The zero-order valence-corrected chi connectivity index (χ0v) is 10.2. The molecule has 0 spiro atoms. The molecule has 1 aliphatic rings. The van der Waals surface area contributed by atoms with Gasteiger partial charge in [-0.15, -0.1) is 0 Å². The molecule has 1 aliphatic heterocycles. The molecule has 18 heavy (non-hydrogen) atoms. The van der Waals surface area contributed by atoms with E-state index in [2.05, 4.69) is 10.2 Å². The summed E-state index contributed by atoms with van der Waals surface area (Å²) >= 11 is 0. The SMILES string of the molecule is Cc1[nH]nc(CN)c1-c1ccc2c(c1)OCCO2. The molecule has 0 fully saturated rings. The number of rotatable bonds is 2. The van der Waals surface area contributed by atoms with Crippen LogP contribution in [0.3, 0.4) is 0 Å². The van der Waals surface area contributed by atoms with Crippen LogP contribution in [0, 0.1) is 6.92 Å². The van der Waals surface area contributed by atoms with Crippen molar-refractivity contribution < 1.29 is 9.47 Å². The minimum Gasteiger partial charge on any atom is -0.486 e. The van der Waals surface area contributed by atoms with Crippen molar-refractivity contribution in [1.82, 2.24) is 10.2 Å². The Morgan fingerprint density at radius 1 is 1.28 bits per heavy atom. The number of fused-ring (bicyclic) bond motifs is 1. The Morgan fingerprint density at radius 2 is 2.06 bits per heavy atom. The van der Waals surface area contributed by atoms with Crippen molar-refractivity contribution in [2.24, 2.45) is 5.73 Å². The van der Waals surface area contributed by atoms with Gasteiger partial charge in [0.15, 0.2) is 11.5 Å². The maximum atomic E-state index is 5.70. The molecule has 5 nitrogen and oxygen atoms in total. The van der Waals surface area contributed by atoms with E-state index in [-0.39, 0.29) is 0 Å². The van der Waals surface area contributed by atoms with Crippen LogP contribution < -0.4 is 15.2 Å². The summed E-state index contributed by atoms with van der Waals surface area (Å²) < 4.78 is 11.1. The fourth-order valence-corrected chi connectivity index (χ4v) is 2.21. The van der Waals surface area contributed by atoms with Gasteiger partial charge in [-0.05, 0) is 24.6 Å². The van der Waals surface area contributed by atoms with E-state index in [1.807, 2.05) is 25.1 Å². The predicted octanol–water partition coefficient (Wildman–Crippen LogP) is 1.62. The van der Waals surface area contributed by atoms with Crippen molar-refractivity contribution >= 4 is 0 Å². The molecule has 5 heteroatoms. The van der Waals surface area contributed by atoms with Gasteiger partial charge in [-0.1, -0.05) is 6.07 Å². The number of nitrogens with one attached hydrogen (secondary N) is 1. The van der Waals surface area contributed by atoms with Crippen molar-refractivity contribution in [1.29, 1.82) is 0 Å². The first-order valence-electron chi connectivity index (χ1n) is 5.93. The molecule has 3 N–H and O–H groups in total. The molecule has 0 saturated carbocycles. The fraction of sp³-hybridized carbons (Fsp3) is 0.308. The van der Waals surface area contributed by atoms with Gasteiger partial charge in [-0.3, -0.25) is 5.10 Å². The average molecular weight is 245 g/mol. The molecule has 0 aliphatic carbocycles. The second kappa shape index (κ2) is 4.34. The number of aryl methyl sites for hydroxylation is 1. The Balaban J connectivity index is 2.09. The van der Waals surface area contributed by atoms with Gasteiger partial charge in [-0.2, -0.15) is 5.10 Å². The van der Waals surface area contributed by atoms with E-state index in [4.69, 9.17) is 15.2 Å². The van der Waals surface area contributed by atoms with Crippen LogP contribution >= 0.6 is 0 Å². The molecule has 0 atom stereocenters. The average Bonchev–Trinajstić information content (AvgIpc) is 2.79. The first-order chi connectivity index (χ1) is 8.79. The monoisotopic (exact) mass is 245 g/mol. The molecule has 0 bridgehead atoms. The van der Waals surface area contributed by atoms with E-state index in [1.54, 1.807) is 0 Å². The minimum atomic E-state index is 0.411. The zero-order chi connectivity index (χ0) is 12.5. The summed E-state index contributed by atoms with van der Waals surface area (Å²) in [6, 6.07) is 5.91. The largest absolute Gasteiger partial charge is 0.486 e. The number of ether oxygens (including phenoxy) is 2. The molecule has 2 aromatic rings. The second-order valence-electron chi connectivity index (χ2n) is 4.23. The van der Waals surface area contributed by atoms with Crippen molar-refractivity contribution in [3.05, 3.63) is 29.6 Å². The smallest absolute Gasteiger partial charge is 0.161 e. The van der Waals surface area contributed by atoms with Crippen molar-refractivity contribution in [3.8, 4) is 22.6 Å². The Morgan fingerprint density at radius 3 is 2.83 bits per heavy atom. The van der Waals surface area contributed by atoms with Gasteiger partial charge < -0.3 is 15.2 Å². The van der Waals surface area contributed by atoms with Crippen LogP contribution in [-0.2, 0) is 6.54 Å². The number of hydrogen-bond acceptors (Lipinski definition) is 4. The van der Waals surface area contributed by atoms with E-state index >= 15 is 0 Å². The molecule has 3 rings (SSSR count). The number of H-pyrrole nitrogens is 1. The third-order valence-electron chi connectivity index (χ3n) is 3.05. The minimum absolute atomic E-state index is 0.411. The molecule has 0 unspecified atom stereocenters. The first kappa shape index (κ1) is 11.1. The number of benzene rings is 1. The summed E-state index contributed by atoms with van der Waals surface area (Å²) in [5, 5.41) is 7.17. The lowest BCUT2D eigenvalue weighted by Gasteiger charge is -2.19. The van der Waals surface area contributed by atoms with E-state index < -0.39 is 0 Å². The summed E-state index contributed by atoms with van der Waals surface area (Å²) in [5.41, 5.74) is 9.67. The second-order valence-corrected chi connectivity index (χ2v) is 4.23. The third kappa shape index (κ3) is 1.73. The molecule has 0 radical (unpaired) electrons. The van der Waals surface area contributed by atoms with Crippen LogP contribution in [0.4, 0.5) is 0 Å². The highest BCUT2D eigenvalue weighted by atomic mass is 16.6. The lowest BCUT2D eigenvalue weighted by atomic mass is 10.0. The van der Waals surface area contributed by atoms with Crippen LogP contribution in [0.5, 0.6) is 11.5 Å². The summed E-state index contributed by atoms with van der Waals surface area (Å²) in [6.45, 7) is 3.59.